The Morgan fingerprint density at radius 2 is 2.00 bits per heavy atom. The summed E-state index contributed by atoms with van der Waals surface area (Å²) in [4.78, 5) is 25.6. The van der Waals surface area contributed by atoms with Crippen molar-refractivity contribution >= 4 is 11.9 Å². The second-order valence-corrected chi connectivity index (χ2v) is 2.77. The quantitative estimate of drug-likeness (QED) is 0.701. The Kier molecular flexibility index (Phi) is 3.17. The third kappa shape index (κ3) is 2.55. The first-order chi connectivity index (χ1) is 6.61. The highest BCUT2D eigenvalue weighted by Gasteiger charge is 2.16. The first-order valence-corrected chi connectivity index (χ1v) is 4.05. The molecule has 0 saturated heterocycles. The predicted molar refractivity (Wildman–Crippen MR) is 49.2 cm³/mol. The van der Waals surface area contributed by atoms with Crippen molar-refractivity contribution in [2.24, 2.45) is 0 Å². The monoisotopic (exact) mass is 194 g/mol. The largest absolute Gasteiger partial charge is 0.465 e. The lowest BCUT2D eigenvalue weighted by Crippen LogP contribution is -2.37. The molecule has 0 aliphatic carbocycles. The van der Waals surface area contributed by atoms with Crippen molar-refractivity contribution in [1.82, 2.24) is 10.3 Å². The lowest BCUT2D eigenvalue weighted by atomic mass is 10.1. The average molecular weight is 194 g/mol. The van der Waals surface area contributed by atoms with E-state index in [4.69, 9.17) is 5.11 Å². The van der Waals surface area contributed by atoms with E-state index in [9.17, 15) is 9.59 Å². The summed E-state index contributed by atoms with van der Waals surface area (Å²) in [5.74, 6) is -0.269. The number of ketones is 1. The van der Waals surface area contributed by atoms with Gasteiger partial charge in [-0.25, -0.2) is 4.79 Å². The molecule has 2 N–H and O–H groups in total. The molecule has 5 heteroatoms. The van der Waals surface area contributed by atoms with E-state index in [1.807, 2.05) is 0 Å². The van der Waals surface area contributed by atoms with Crippen molar-refractivity contribution in [1.29, 1.82) is 0 Å². The molecule has 0 bridgehead atoms. The average Bonchev–Trinajstić information content (AvgIpc) is 2.17. The highest BCUT2D eigenvalue weighted by Crippen LogP contribution is 2.01. The summed E-state index contributed by atoms with van der Waals surface area (Å²) >= 11 is 0. The highest BCUT2D eigenvalue weighted by atomic mass is 16.4. The van der Waals surface area contributed by atoms with Crippen LogP contribution in [0.15, 0.2) is 24.5 Å². The number of carbonyl (C=O) groups is 2. The fourth-order valence-corrected chi connectivity index (χ4v) is 1.02. The number of nitrogens with zero attached hydrogens (tertiary/aromatic N) is 1. The van der Waals surface area contributed by atoms with E-state index in [-0.39, 0.29) is 5.78 Å². The maximum absolute atomic E-state index is 11.5. The number of rotatable bonds is 3. The number of nitrogens with one attached hydrogen (secondary N) is 1. The van der Waals surface area contributed by atoms with Crippen molar-refractivity contribution in [2.45, 2.75) is 13.0 Å². The van der Waals surface area contributed by atoms with Gasteiger partial charge in [0.15, 0.2) is 5.78 Å². The van der Waals surface area contributed by atoms with Crippen LogP contribution in [0.2, 0.25) is 0 Å². The van der Waals surface area contributed by atoms with Gasteiger partial charge in [0.05, 0.1) is 6.04 Å². The van der Waals surface area contributed by atoms with Crippen LogP contribution < -0.4 is 5.32 Å². The maximum Gasteiger partial charge on any atom is 0.405 e. The number of carbonyl (C=O) groups excluding carboxylic acids is 1. The van der Waals surface area contributed by atoms with Crippen molar-refractivity contribution in [2.75, 3.05) is 0 Å². The van der Waals surface area contributed by atoms with Crippen LogP contribution in [-0.4, -0.2) is 28.0 Å². The zero-order valence-corrected chi connectivity index (χ0v) is 7.60. The van der Waals surface area contributed by atoms with Crippen LogP contribution in [0.4, 0.5) is 4.79 Å². The van der Waals surface area contributed by atoms with Gasteiger partial charge in [0.2, 0.25) is 0 Å². The number of aromatic nitrogens is 1. The fourth-order valence-electron chi connectivity index (χ4n) is 1.02. The van der Waals surface area contributed by atoms with Gasteiger partial charge < -0.3 is 10.4 Å². The number of pyridine rings is 1. The van der Waals surface area contributed by atoms with Crippen LogP contribution in [0.1, 0.15) is 17.3 Å². The molecule has 1 aromatic heterocycles. The summed E-state index contributed by atoms with van der Waals surface area (Å²) < 4.78 is 0. The molecule has 5 nitrogen and oxygen atoms in total. The molecular formula is C9H10N2O3. The van der Waals surface area contributed by atoms with Gasteiger partial charge in [-0.15, -0.1) is 0 Å². The Hall–Kier alpha value is -1.91. The van der Waals surface area contributed by atoms with Crippen molar-refractivity contribution in [3.05, 3.63) is 30.1 Å². The molecular weight excluding hydrogens is 184 g/mol. The van der Waals surface area contributed by atoms with Crippen LogP contribution in [0, 0.1) is 0 Å². The fraction of sp³-hybridized carbons (Fsp3) is 0.222. The zero-order chi connectivity index (χ0) is 10.6. The lowest BCUT2D eigenvalue weighted by Gasteiger charge is -2.09. The minimum absolute atomic E-state index is 0.269. The molecule has 0 spiro atoms. The molecule has 74 valence electrons. The molecule has 1 aromatic rings. The van der Waals surface area contributed by atoms with Crippen LogP contribution >= 0.6 is 0 Å². The molecule has 0 fully saturated rings. The van der Waals surface area contributed by atoms with Crippen LogP contribution in [0.3, 0.4) is 0 Å². The topological polar surface area (TPSA) is 79.3 Å². The van der Waals surface area contributed by atoms with E-state index in [1.54, 1.807) is 12.1 Å². The molecule has 0 aliphatic heterocycles. The number of hydrogen-bond acceptors (Lipinski definition) is 3. The second-order valence-electron chi connectivity index (χ2n) is 2.77. The third-order valence-corrected chi connectivity index (χ3v) is 1.70. The molecule has 1 atom stereocenters. The SMILES string of the molecule is CC(NC(=O)O)C(=O)c1ccncc1. The molecule has 0 aromatic carbocycles. The van der Waals surface area contributed by atoms with Crippen molar-refractivity contribution in [3.63, 3.8) is 0 Å². The summed E-state index contributed by atoms with van der Waals surface area (Å²) in [6, 6.07) is 2.35. The minimum Gasteiger partial charge on any atom is -0.465 e. The van der Waals surface area contributed by atoms with Gasteiger partial charge in [0.25, 0.3) is 0 Å². The van der Waals surface area contributed by atoms with Gasteiger partial charge in [-0.1, -0.05) is 0 Å². The highest BCUT2D eigenvalue weighted by molar-refractivity contribution is 6.00. The molecule has 1 heterocycles. The Morgan fingerprint density at radius 3 is 2.50 bits per heavy atom. The first kappa shape index (κ1) is 10.2. The van der Waals surface area contributed by atoms with Gasteiger partial charge in [-0.2, -0.15) is 0 Å². The molecule has 0 aliphatic rings. The van der Waals surface area contributed by atoms with E-state index in [0.717, 1.165) is 0 Å². The number of amides is 1. The molecule has 1 unspecified atom stereocenters. The lowest BCUT2D eigenvalue weighted by molar-refractivity contribution is 0.0945. The molecule has 0 radical (unpaired) electrons. The van der Waals surface area contributed by atoms with Gasteiger partial charge in [0, 0.05) is 18.0 Å². The Balaban J connectivity index is 2.71. The van der Waals surface area contributed by atoms with Crippen LogP contribution in [0.5, 0.6) is 0 Å². The van der Waals surface area contributed by atoms with Crippen LogP contribution in [-0.2, 0) is 0 Å². The van der Waals surface area contributed by atoms with Gasteiger partial charge >= 0.3 is 6.09 Å². The summed E-state index contributed by atoms with van der Waals surface area (Å²) in [5, 5.41) is 10.5. The first-order valence-electron chi connectivity index (χ1n) is 4.05. The van der Waals surface area contributed by atoms with E-state index in [2.05, 4.69) is 10.3 Å². The Morgan fingerprint density at radius 1 is 1.43 bits per heavy atom. The summed E-state index contributed by atoms with van der Waals surface area (Å²) in [7, 11) is 0. The van der Waals surface area contributed by atoms with Crippen molar-refractivity contribution < 1.29 is 14.7 Å². The Bertz CT molecular complexity index is 337. The number of Topliss-reactive ketones (excluding diaryl/α,β-unsaturated/α-hetero) is 1. The van der Waals surface area contributed by atoms with E-state index in [0.29, 0.717) is 5.56 Å². The minimum atomic E-state index is -1.21. The number of carboxylic acid groups (broad SMARTS) is 1. The molecule has 14 heavy (non-hydrogen) atoms. The van der Waals surface area contributed by atoms with Crippen LogP contribution in [0.25, 0.3) is 0 Å². The molecule has 1 rings (SSSR count). The summed E-state index contributed by atoms with van der Waals surface area (Å²) in [6.45, 7) is 1.50. The summed E-state index contributed by atoms with van der Waals surface area (Å²) in [5.41, 5.74) is 0.446. The maximum atomic E-state index is 11.5. The summed E-state index contributed by atoms with van der Waals surface area (Å²) in [6.07, 6.45) is 1.77. The van der Waals surface area contributed by atoms with E-state index < -0.39 is 12.1 Å². The smallest absolute Gasteiger partial charge is 0.405 e. The zero-order valence-electron chi connectivity index (χ0n) is 7.60. The molecule has 0 saturated carbocycles. The van der Waals surface area contributed by atoms with Crippen molar-refractivity contribution in [3.8, 4) is 0 Å². The normalized spacial score (nSPS) is 11.8. The van der Waals surface area contributed by atoms with Gasteiger partial charge in [-0.3, -0.25) is 9.78 Å². The van der Waals surface area contributed by atoms with Gasteiger partial charge in [-0.05, 0) is 19.1 Å². The van der Waals surface area contributed by atoms with Gasteiger partial charge in [0.1, 0.15) is 0 Å². The second kappa shape index (κ2) is 4.36. The standard InChI is InChI=1S/C9H10N2O3/c1-6(11-9(13)14)8(12)7-2-4-10-5-3-7/h2-6,11H,1H3,(H,13,14). The number of hydrogen-bond donors (Lipinski definition) is 2. The predicted octanol–water partition coefficient (Wildman–Crippen LogP) is 0.920. The third-order valence-electron chi connectivity index (χ3n) is 1.70. The van der Waals surface area contributed by atoms with E-state index >= 15 is 0 Å². The molecule has 1 amide bonds. The Labute approximate surface area is 80.8 Å². The van der Waals surface area contributed by atoms with E-state index in [1.165, 1.54) is 19.3 Å².